The van der Waals surface area contributed by atoms with Crippen LogP contribution >= 0.6 is 11.6 Å². The molecule has 0 aliphatic carbocycles. The van der Waals surface area contributed by atoms with E-state index < -0.39 is 20.6 Å². The van der Waals surface area contributed by atoms with E-state index >= 15 is 0 Å². The molecule has 0 amide bonds. The molecular formula is C13H8ClN3O4S. The van der Waals surface area contributed by atoms with Crippen molar-refractivity contribution in [1.29, 1.82) is 5.26 Å². The van der Waals surface area contributed by atoms with E-state index in [-0.39, 0.29) is 15.6 Å². The maximum Gasteiger partial charge on any atom is 0.289 e. The number of hydrogen-bond donors (Lipinski definition) is 1. The van der Waals surface area contributed by atoms with Gasteiger partial charge in [-0.3, -0.25) is 14.8 Å². The van der Waals surface area contributed by atoms with E-state index in [0.29, 0.717) is 5.56 Å². The van der Waals surface area contributed by atoms with E-state index in [1.165, 1.54) is 30.3 Å². The van der Waals surface area contributed by atoms with Gasteiger partial charge in [-0.25, -0.2) is 8.42 Å². The van der Waals surface area contributed by atoms with Gasteiger partial charge in [-0.1, -0.05) is 11.6 Å². The van der Waals surface area contributed by atoms with Crippen molar-refractivity contribution in [1.82, 2.24) is 0 Å². The number of hydrogen-bond acceptors (Lipinski definition) is 5. The lowest BCUT2D eigenvalue weighted by Gasteiger charge is -2.08. The van der Waals surface area contributed by atoms with Crippen LogP contribution in [0.1, 0.15) is 5.56 Å². The summed E-state index contributed by atoms with van der Waals surface area (Å²) in [6.45, 7) is 0. The lowest BCUT2D eigenvalue weighted by Crippen LogP contribution is -2.13. The van der Waals surface area contributed by atoms with Crippen LogP contribution in [0.15, 0.2) is 47.4 Å². The van der Waals surface area contributed by atoms with Gasteiger partial charge in [-0.05, 0) is 36.4 Å². The van der Waals surface area contributed by atoms with E-state index in [1.807, 2.05) is 6.07 Å². The molecule has 2 aromatic carbocycles. The molecule has 112 valence electrons. The predicted octanol–water partition coefficient (Wildman–Crippen LogP) is 2.92. The highest BCUT2D eigenvalue weighted by Crippen LogP contribution is 2.28. The van der Waals surface area contributed by atoms with Crippen LogP contribution in [-0.4, -0.2) is 13.3 Å². The van der Waals surface area contributed by atoms with Crippen LogP contribution in [0.25, 0.3) is 0 Å². The van der Waals surface area contributed by atoms with Crippen LogP contribution < -0.4 is 4.72 Å². The van der Waals surface area contributed by atoms with Crippen molar-refractivity contribution in [2.24, 2.45) is 0 Å². The van der Waals surface area contributed by atoms with Crippen LogP contribution in [0, 0.1) is 21.4 Å². The Hall–Kier alpha value is -2.63. The predicted molar refractivity (Wildman–Crippen MR) is 80.1 cm³/mol. The molecule has 0 atom stereocenters. The zero-order chi connectivity index (χ0) is 16.3. The molecule has 2 aromatic rings. The molecule has 2 rings (SSSR count). The fourth-order valence-electron chi connectivity index (χ4n) is 1.63. The number of nitrogens with zero attached hydrogens (tertiary/aromatic N) is 2. The number of nitrogens with one attached hydrogen (secondary N) is 1. The Morgan fingerprint density at radius 3 is 2.36 bits per heavy atom. The molecule has 7 nitrogen and oxygen atoms in total. The number of nitro groups is 1. The van der Waals surface area contributed by atoms with Crippen LogP contribution in [-0.2, 0) is 10.0 Å². The molecule has 0 spiro atoms. The van der Waals surface area contributed by atoms with Gasteiger partial charge in [0, 0.05) is 11.8 Å². The first-order valence-electron chi connectivity index (χ1n) is 5.80. The Morgan fingerprint density at radius 1 is 1.18 bits per heavy atom. The average molecular weight is 338 g/mol. The number of halogens is 1. The Labute approximate surface area is 131 Å². The average Bonchev–Trinajstić information content (AvgIpc) is 2.47. The first-order chi connectivity index (χ1) is 10.3. The molecule has 0 aliphatic heterocycles. The van der Waals surface area contributed by atoms with Gasteiger partial charge in [0.05, 0.1) is 21.5 Å². The van der Waals surface area contributed by atoms with Crippen molar-refractivity contribution in [3.8, 4) is 6.07 Å². The number of benzene rings is 2. The maximum absolute atomic E-state index is 12.2. The summed E-state index contributed by atoms with van der Waals surface area (Å²) in [6.07, 6.45) is 0. The van der Waals surface area contributed by atoms with Gasteiger partial charge in [-0.15, -0.1) is 0 Å². The normalized spacial score (nSPS) is 10.7. The smallest absolute Gasteiger partial charge is 0.280 e. The topological polar surface area (TPSA) is 113 Å². The lowest BCUT2D eigenvalue weighted by atomic mass is 10.2. The minimum absolute atomic E-state index is 0.151. The summed E-state index contributed by atoms with van der Waals surface area (Å²) >= 11 is 5.65. The lowest BCUT2D eigenvalue weighted by molar-refractivity contribution is -0.384. The molecule has 0 saturated heterocycles. The van der Waals surface area contributed by atoms with E-state index in [1.54, 1.807) is 0 Å². The van der Waals surface area contributed by atoms with E-state index in [2.05, 4.69) is 4.72 Å². The highest BCUT2D eigenvalue weighted by Gasteiger charge is 2.20. The minimum Gasteiger partial charge on any atom is -0.280 e. The van der Waals surface area contributed by atoms with Crippen molar-refractivity contribution >= 4 is 33.0 Å². The summed E-state index contributed by atoms with van der Waals surface area (Å²) in [5.74, 6) is 0. The number of nitro benzene ring substituents is 1. The third-order valence-corrected chi connectivity index (χ3v) is 4.39. The molecule has 0 aliphatic rings. The number of rotatable bonds is 4. The van der Waals surface area contributed by atoms with Gasteiger partial charge < -0.3 is 0 Å². The fraction of sp³-hybridized carbons (Fsp3) is 0. The summed E-state index contributed by atoms with van der Waals surface area (Å²) < 4.78 is 26.7. The molecular weight excluding hydrogens is 330 g/mol. The molecule has 0 radical (unpaired) electrons. The molecule has 0 heterocycles. The van der Waals surface area contributed by atoms with Crippen LogP contribution in [0.4, 0.5) is 11.4 Å². The van der Waals surface area contributed by atoms with Crippen molar-refractivity contribution in [3.63, 3.8) is 0 Å². The summed E-state index contributed by atoms with van der Waals surface area (Å²) in [6, 6.07) is 10.8. The Morgan fingerprint density at radius 2 is 1.82 bits per heavy atom. The summed E-state index contributed by atoms with van der Waals surface area (Å²) in [4.78, 5) is 9.76. The number of anilines is 1. The first kappa shape index (κ1) is 15.8. The minimum atomic E-state index is -4.00. The van der Waals surface area contributed by atoms with Crippen molar-refractivity contribution < 1.29 is 13.3 Å². The highest BCUT2D eigenvalue weighted by molar-refractivity contribution is 7.92. The SMILES string of the molecule is N#Cc1ccc(NS(=O)(=O)c2ccc(Cl)c([N+](=O)[O-])c2)cc1. The molecule has 0 unspecified atom stereocenters. The Bertz CT molecular complexity index is 873. The second-order valence-electron chi connectivity index (χ2n) is 4.16. The van der Waals surface area contributed by atoms with Crippen LogP contribution in [0.5, 0.6) is 0 Å². The van der Waals surface area contributed by atoms with Gasteiger partial charge in [-0.2, -0.15) is 5.26 Å². The number of sulfonamides is 1. The highest BCUT2D eigenvalue weighted by atomic mass is 35.5. The van der Waals surface area contributed by atoms with Gasteiger partial charge in [0.1, 0.15) is 5.02 Å². The second kappa shape index (κ2) is 6.01. The molecule has 9 heteroatoms. The Balaban J connectivity index is 2.36. The third-order valence-electron chi connectivity index (χ3n) is 2.69. The number of nitriles is 1. The van der Waals surface area contributed by atoms with Crippen LogP contribution in [0.2, 0.25) is 5.02 Å². The van der Waals surface area contributed by atoms with E-state index in [0.717, 1.165) is 12.1 Å². The van der Waals surface area contributed by atoms with Crippen LogP contribution in [0.3, 0.4) is 0 Å². The van der Waals surface area contributed by atoms with E-state index in [4.69, 9.17) is 16.9 Å². The molecule has 0 saturated carbocycles. The Kier molecular flexibility index (Phi) is 4.30. The third kappa shape index (κ3) is 3.33. The molecule has 1 N–H and O–H groups in total. The summed E-state index contributed by atoms with van der Waals surface area (Å²) in [7, 11) is -4.00. The van der Waals surface area contributed by atoms with E-state index in [9.17, 15) is 18.5 Å². The fourth-order valence-corrected chi connectivity index (χ4v) is 2.89. The largest absolute Gasteiger partial charge is 0.289 e. The summed E-state index contributed by atoms with van der Waals surface area (Å²) in [5, 5.41) is 19.3. The monoisotopic (exact) mass is 337 g/mol. The van der Waals surface area contributed by atoms with Crippen molar-refractivity contribution in [2.45, 2.75) is 4.90 Å². The quantitative estimate of drug-likeness (QED) is 0.680. The van der Waals surface area contributed by atoms with Gasteiger partial charge in [0.25, 0.3) is 15.7 Å². The van der Waals surface area contributed by atoms with Crippen molar-refractivity contribution in [3.05, 3.63) is 63.2 Å². The molecule has 0 aromatic heterocycles. The van der Waals surface area contributed by atoms with Gasteiger partial charge in [0.15, 0.2) is 0 Å². The second-order valence-corrected chi connectivity index (χ2v) is 6.25. The van der Waals surface area contributed by atoms with Gasteiger partial charge >= 0.3 is 0 Å². The van der Waals surface area contributed by atoms with Gasteiger partial charge in [0.2, 0.25) is 0 Å². The molecule has 0 fully saturated rings. The zero-order valence-corrected chi connectivity index (χ0v) is 12.4. The molecule has 22 heavy (non-hydrogen) atoms. The standard InChI is InChI=1S/C13H8ClN3O4S/c14-12-6-5-11(7-13(12)17(18)19)22(20,21)16-10-3-1-9(8-15)2-4-10/h1-7,16H. The maximum atomic E-state index is 12.2. The molecule has 0 bridgehead atoms. The first-order valence-corrected chi connectivity index (χ1v) is 7.66. The van der Waals surface area contributed by atoms with Crippen molar-refractivity contribution in [2.75, 3.05) is 4.72 Å². The zero-order valence-electron chi connectivity index (χ0n) is 10.9. The summed E-state index contributed by atoms with van der Waals surface area (Å²) in [5.41, 5.74) is 0.117.